The van der Waals surface area contributed by atoms with Crippen LogP contribution >= 0.6 is 0 Å². The van der Waals surface area contributed by atoms with Gasteiger partial charge in [0.2, 0.25) is 38.5 Å². The molecule has 8 N–H and O–H groups in total. The zero-order chi connectivity index (χ0) is 70.8. The molecule has 98 heavy (non-hydrogen) atoms. The number of anilines is 7. The number of nitrogens with one attached hydrogen (secondary N) is 8. The molecule has 0 saturated heterocycles. The molecule has 0 aliphatic carbocycles. The molecule has 26 heteroatoms. The third kappa shape index (κ3) is 21.4. The second-order valence-corrected chi connectivity index (χ2v) is 27.2. The minimum absolute atomic E-state index is 0.197. The van der Waals surface area contributed by atoms with Crippen LogP contribution in [0.25, 0.3) is 0 Å². The molecule has 0 spiro atoms. The van der Waals surface area contributed by atoms with Crippen LogP contribution in [0.3, 0.4) is 0 Å². The third-order valence-corrected chi connectivity index (χ3v) is 19.3. The topological polar surface area (TPSA) is 334 Å². The molecule has 1 atom stereocenters. The van der Waals surface area contributed by atoms with Crippen molar-refractivity contribution in [3.8, 4) is 0 Å². The molecule has 0 bridgehead atoms. The van der Waals surface area contributed by atoms with Crippen molar-refractivity contribution in [1.82, 2.24) is 29.8 Å². The lowest BCUT2D eigenvalue weighted by Crippen LogP contribution is -2.46. The van der Waals surface area contributed by atoms with Gasteiger partial charge in [-0.3, -0.25) is 62.3 Å². The van der Waals surface area contributed by atoms with Gasteiger partial charge in [-0.05, 0) is 242 Å². The smallest absolute Gasteiger partial charge is 0.253 e. The molecule has 1 unspecified atom stereocenters. The summed E-state index contributed by atoms with van der Waals surface area (Å²) >= 11 is 0. The van der Waals surface area contributed by atoms with Gasteiger partial charge in [-0.15, -0.1) is 0 Å². The lowest BCUT2D eigenvalue weighted by molar-refractivity contribution is -0.122. The van der Waals surface area contributed by atoms with Crippen LogP contribution in [0.4, 0.5) is 39.8 Å². The highest BCUT2D eigenvalue weighted by Gasteiger charge is 2.28. The summed E-state index contributed by atoms with van der Waals surface area (Å²) in [5.41, 5.74) is -1.02. The summed E-state index contributed by atoms with van der Waals surface area (Å²) in [6, 6.07) is -0.732. The fourth-order valence-electron chi connectivity index (χ4n) is 13.2. The zero-order valence-corrected chi connectivity index (χ0v) is 58.9. The van der Waals surface area contributed by atoms with E-state index in [0.717, 1.165) is 123 Å². The first-order valence-electron chi connectivity index (χ1n) is 36.0. The highest BCUT2D eigenvalue weighted by Crippen LogP contribution is 2.20. The monoisotopic (exact) mass is 1360 g/mol. The molecule has 0 fully saturated rings. The lowest BCUT2D eigenvalue weighted by Gasteiger charge is -2.22. The van der Waals surface area contributed by atoms with Gasteiger partial charge in [-0.2, -0.15) is 0 Å². The molecule has 26 nitrogen and oxygen atoms in total. The summed E-state index contributed by atoms with van der Waals surface area (Å²) in [7, 11) is 10.0. The van der Waals surface area contributed by atoms with Crippen molar-refractivity contribution in [3.63, 3.8) is 0 Å². The van der Waals surface area contributed by atoms with Gasteiger partial charge in [0, 0.05) is 73.6 Å². The molecule has 1 heterocycles. The van der Waals surface area contributed by atoms with Gasteiger partial charge in [0.05, 0.1) is 5.69 Å². The second kappa shape index (κ2) is 39.2. The van der Waals surface area contributed by atoms with Crippen LogP contribution < -0.4 is 108 Å². The molecule has 0 radical (unpaired) electrons. The molecule has 1 aliphatic heterocycles. The number of amides is 1. The van der Waals surface area contributed by atoms with Gasteiger partial charge in [-0.25, -0.2) is 0 Å². The fraction of sp³-hybridized carbons (Fsp3) is 0.653. The molecular weight excluding hydrogens is 1250 g/mol. The Kier molecular flexibility index (Phi) is 31.1. The molecule has 538 valence electrons. The van der Waals surface area contributed by atoms with Gasteiger partial charge in [0.1, 0.15) is 40.2 Å². The van der Waals surface area contributed by atoms with Crippen molar-refractivity contribution in [2.24, 2.45) is 0 Å². The molecule has 6 aromatic rings. The second-order valence-electron chi connectivity index (χ2n) is 27.2. The first-order valence-corrected chi connectivity index (χ1v) is 36.0. The Hall–Kier alpha value is -7.65. The predicted octanol–water partition coefficient (Wildman–Crippen LogP) is 1.56. The van der Waals surface area contributed by atoms with E-state index in [1.165, 1.54) is 0 Å². The van der Waals surface area contributed by atoms with E-state index < -0.39 is 49.5 Å². The van der Waals surface area contributed by atoms with Crippen molar-refractivity contribution in [2.45, 2.75) is 161 Å². The van der Waals surface area contributed by atoms with Crippen molar-refractivity contribution in [2.75, 3.05) is 184 Å². The van der Waals surface area contributed by atoms with E-state index in [9.17, 15) is 62.3 Å². The molecule has 1 amide bonds. The van der Waals surface area contributed by atoms with E-state index in [2.05, 4.69) is 74.1 Å². The summed E-state index contributed by atoms with van der Waals surface area (Å²) < 4.78 is 0. The average Bonchev–Trinajstić information content (AvgIpc) is 0.775. The van der Waals surface area contributed by atoms with Crippen LogP contribution in [0.5, 0.6) is 0 Å². The van der Waals surface area contributed by atoms with E-state index in [0.29, 0.717) is 180 Å². The number of hydrogen-bond donors (Lipinski definition) is 8. The maximum absolute atomic E-state index is 13.4. The molecule has 0 saturated carbocycles. The number of rotatable bonds is 2. The van der Waals surface area contributed by atoms with Crippen LogP contribution in [0.15, 0.2) is 57.5 Å². The van der Waals surface area contributed by atoms with Crippen molar-refractivity contribution in [1.29, 1.82) is 0 Å². The molecule has 0 aromatic heterocycles. The van der Waals surface area contributed by atoms with Crippen molar-refractivity contribution in [3.05, 3.63) is 150 Å². The van der Waals surface area contributed by atoms with Crippen LogP contribution in [0, 0.1) is 0 Å². The van der Waals surface area contributed by atoms with Crippen molar-refractivity contribution < 1.29 is 4.79 Å². The number of carbonyl (C=O) groups excluding carboxylic acids is 1. The maximum atomic E-state index is 13.4. The summed E-state index contributed by atoms with van der Waals surface area (Å²) in [5, 5.41) is 24.7. The number of nitrogens with zero attached hydrogens (tertiary/aromatic N) is 5. The third-order valence-electron chi connectivity index (χ3n) is 19.3. The Morgan fingerprint density at radius 3 is 0.735 bits per heavy atom. The van der Waals surface area contributed by atoms with Gasteiger partial charge < -0.3 is 67.0 Å². The van der Waals surface area contributed by atoms with Gasteiger partial charge in [-0.1, -0.05) is 13.3 Å². The maximum Gasteiger partial charge on any atom is 0.253 e. The average molecular weight is 1360 g/mol. The molecular formula is C72H107N13O13. The Labute approximate surface area is 572 Å². The summed E-state index contributed by atoms with van der Waals surface area (Å²) in [5.74, 6) is -0.317. The lowest BCUT2D eigenvalue weighted by atomic mass is 9.92. The molecule has 6 aromatic carbocycles. The van der Waals surface area contributed by atoms with Crippen molar-refractivity contribution >= 4 is 45.7 Å². The first kappa shape index (κ1) is 77.7. The largest absolute Gasteiger partial charge is 0.380 e. The Bertz CT molecular complexity index is 4000. The molecule has 1 aliphatic rings. The number of hydrogen-bond acceptors (Lipinski definition) is 25. The van der Waals surface area contributed by atoms with Crippen LogP contribution in [-0.2, 0) is 36.9 Å². The number of carbonyl (C=O) groups is 1. The van der Waals surface area contributed by atoms with E-state index in [4.69, 9.17) is 0 Å². The van der Waals surface area contributed by atoms with Gasteiger partial charge >= 0.3 is 0 Å². The molecule has 7 rings (SSSR count). The Morgan fingerprint density at radius 1 is 0.255 bits per heavy atom. The number of fused-ring (bicyclic) bond motifs is 6. The standard InChI is InChI=1S/C72H107N13O13/c1-7-24-52-72(98)79-31-18-30-73-54-55(67(93)66(54)92)74-33-20-43-84(5)44-22-35-77-58-59(71(97)70(58)96)78-36-23-46-85(6)45-21-34-76-57-56(68(94)69(57)95)75-32-19-42-83(4)41-16-11-28-50-49(62(88)63(50)89)26-9-14-38-81(2)37-13-8-25-47-48(61(87)60(47)86)27-10-15-39-82(3)40-17-12-29-51-53(80-52)65(91)64(51)90/h52,73-78,80H,7-46H2,1-6H3,(H,79,98). The SMILES string of the molecule is CCCC1Nc2c(c(=O)c2=O)CCCCN(C)CCCCc2c(c(=O)c2=O)CCCCN(C)CCCCc2c(c(=O)c2=O)CCCCN(C)CCCNc2c(c(=O)c2=O)NCCCN(C)CCCNc2c(c(=O)c2=O)NCCCN(C)CCCNc2c(c(=O)c2=O)NCCCNC1=O. The predicted molar refractivity (Wildman–Crippen MR) is 394 cm³/mol. The van der Waals surface area contributed by atoms with Crippen LogP contribution in [0.1, 0.15) is 150 Å². The Balaban J connectivity index is 0.847. The zero-order valence-electron chi connectivity index (χ0n) is 58.9. The normalized spacial score (nSPS) is 19.9. The minimum atomic E-state index is -0.732. The fourth-order valence-corrected chi connectivity index (χ4v) is 13.2. The van der Waals surface area contributed by atoms with E-state index in [1.54, 1.807) is 0 Å². The van der Waals surface area contributed by atoms with Crippen LogP contribution in [0.2, 0.25) is 0 Å². The highest BCUT2D eigenvalue weighted by atomic mass is 16.2. The van der Waals surface area contributed by atoms with Gasteiger partial charge in [0.25, 0.3) is 32.6 Å². The minimum Gasteiger partial charge on any atom is -0.380 e. The highest BCUT2D eigenvalue weighted by molar-refractivity contribution is 5.85. The summed E-state index contributed by atoms with van der Waals surface area (Å²) in [6.07, 6.45) is 15.8. The first-order chi connectivity index (χ1) is 47.1. The van der Waals surface area contributed by atoms with Crippen LogP contribution in [-0.4, -0.2) is 183 Å². The van der Waals surface area contributed by atoms with E-state index >= 15 is 0 Å². The quantitative estimate of drug-likeness (QED) is 0.114. The van der Waals surface area contributed by atoms with Gasteiger partial charge in [0.15, 0.2) is 0 Å². The van der Waals surface area contributed by atoms with E-state index in [1.807, 2.05) is 35.1 Å². The van der Waals surface area contributed by atoms with E-state index in [-0.39, 0.29) is 51.2 Å². The Morgan fingerprint density at radius 2 is 0.469 bits per heavy atom. The summed E-state index contributed by atoms with van der Waals surface area (Å²) in [6.45, 7) is 12.5. The summed E-state index contributed by atoms with van der Waals surface area (Å²) in [4.78, 5) is 175.